The van der Waals surface area contributed by atoms with Crippen LogP contribution < -0.4 is 5.73 Å². The number of aryl methyl sites for hydroxylation is 1. The van der Waals surface area contributed by atoms with Crippen LogP contribution in [0.5, 0.6) is 0 Å². The van der Waals surface area contributed by atoms with Crippen LogP contribution >= 0.6 is 0 Å². The zero-order chi connectivity index (χ0) is 15.8. The molecule has 4 unspecified atom stereocenters. The van der Waals surface area contributed by atoms with Crippen LogP contribution in [0.2, 0.25) is 0 Å². The second kappa shape index (κ2) is 6.02. The number of nitrogens with two attached hydrogens (primary N) is 1. The number of hydrogen-bond donors (Lipinski definition) is 1. The summed E-state index contributed by atoms with van der Waals surface area (Å²) in [6.07, 6.45) is 2.48. The summed E-state index contributed by atoms with van der Waals surface area (Å²) >= 11 is 0. The van der Waals surface area contributed by atoms with Crippen LogP contribution in [0.1, 0.15) is 30.3 Å². The Morgan fingerprint density at radius 3 is 2.74 bits per heavy atom. The van der Waals surface area contributed by atoms with E-state index in [1.165, 1.54) is 30.6 Å². The molecule has 3 saturated heterocycles. The fraction of sp³-hybridized carbons (Fsp3) is 0.474. The van der Waals surface area contributed by atoms with Gasteiger partial charge in [-0.15, -0.1) is 0 Å². The normalized spacial score (nSPS) is 29.7. The third-order valence-corrected chi connectivity index (χ3v) is 5.46. The second-order valence-electron chi connectivity index (χ2n) is 6.87. The highest BCUT2D eigenvalue weighted by Crippen LogP contribution is 2.41. The molecular weight excluding hydrogens is 284 g/mol. The molecule has 2 N–H and O–H groups in total. The van der Waals surface area contributed by atoms with Gasteiger partial charge in [0.05, 0.1) is 5.69 Å². The van der Waals surface area contributed by atoms with Crippen molar-refractivity contribution in [1.82, 2.24) is 14.9 Å². The monoisotopic (exact) mass is 308 g/mol. The van der Waals surface area contributed by atoms with E-state index in [2.05, 4.69) is 40.2 Å². The average Bonchev–Trinajstić information content (AvgIpc) is 2.62. The fourth-order valence-electron chi connectivity index (χ4n) is 4.26. The van der Waals surface area contributed by atoms with Crippen LogP contribution in [-0.2, 0) is 0 Å². The van der Waals surface area contributed by atoms with E-state index >= 15 is 0 Å². The second-order valence-corrected chi connectivity index (χ2v) is 6.87. The number of hydrogen-bond acceptors (Lipinski definition) is 4. The molecule has 0 aliphatic carbocycles. The molecule has 4 nitrogen and oxygen atoms in total. The first-order valence-electron chi connectivity index (χ1n) is 8.59. The molecule has 120 valence electrons. The zero-order valence-corrected chi connectivity index (χ0v) is 13.7. The van der Waals surface area contributed by atoms with Gasteiger partial charge in [0.1, 0.15) is 5.82 Å². The predicted octanol–water partition coefficient (Wildman–Crippen LogP) is 2.59. The Labute approximate surface area is 137 Å². The Balaban J connectivity index is 1.66. The summed E-state index contributed by atoms with van der Waals surface area (Å²) in [7, 11) is 0. The first-order chi connectivity index (χ1) is 11.2. The van der Waals surface area contributed by atoms with E-state index in [0.717, 1.165) is 24.6 Å². The molecule has 1 aromatic heterocycles. The van der Waals surface area contributed by atoms with Gasteiger partial charge in [0.15, 0.2) is 0 Å². The lowest BCUT2D eigenvalue weighted by Gasteiger charge is -2.49. The Kier molecular flexibility index (Phi) is 3.87. The summed E-state index contributed by atoms with van der Waals surface area (Å²) in [5, 5.41) is 0. The molecule has 0 spiro atoms. The summed E-state index contributed by atoms with van der Waals surface area (Å²) in [6.45, 7) is 5.07. The molecular formula is C19H24N4. The number of rotatable bonds is 3. The number of fused-ring (bicyclic) bond motifs is 3. The van der Waals surface area contributed by atoms with Crippen LogP contribution in [0.15, 0.2) is 36.4 Å². The van der Waals surface area contributed by atoms with E-state index in [1.54, 1.807) is 0 Å². The average molecular weight is 308 g/mol. The highest BCUT2D eigenvalue weighted by molar-refractivity contribution is 5.59. The van der Waals surface area contributed by atoms with Gasteiger partial charge in [0.25, 0.3) is 0 Å². The predicted molar refractivity (Wildman–Crippen MR) is 92.1 cm³/mol. The number of nitrogens with zero attached hydrogens (tertiary/aromatic N) is 3. The first-order valence-corrected chi connectivity index (χ1v) is 8.59. The molecule has 5 rings (SSSR count). The molecule has 2 aromatic rings. The van der Waals surface area contributed by atoms with Gasteiger partial charge in [-0.05, 0) is 38.3 Å². The van der Waals surface area contributed by atoms with Gasteiger partial charge in [-0.3, -0.25) is 4.90 Å². The summed E-state index contributed by atoms with van der Waals surface area (Å²) in [4.78, 5) is 12.0. The lowest BCUT2D eigenvalue weighted by atomic mass is 9.74. The van der Waals surface area contributed by atoms with Gasteiger partial charge in [0.2, 0.25) is 0 Å². The van der Waals surface area contributed by atoms with E-state index in [9.17, 15) is 0 Å². The molecule has 3 aliphatic rings. The van der Waals surface area contributed by atoms with Crippen molar-refractivity contribution in [2.75, 3.05) is 19.6 Å². The van der Waals surface area contributed by atoms with E-state index < -0.39 is 0 Å². The topological polar surface area (TPSA) is 55.0 Å². The minimum absolute atomic E-state index is 0.524. The SMILES string of the molecule is Cc1nc(-c2ccccc2)cc(C2CN3CCC2CC3CN)n1. The van der Waals surface area contributed by atoms with Crippen LogP contribution in [0, 0.1) is 12.8 Å². The van der Waals surface area contributed by atoms with Gasteiger partial charge in [-0.1, -0.05) is 30.3 Å². The van der Waals surface area contributed by atoms with Crippen molar-refractivity contribution in [3.05, 3.63) is 47.9 Å². The van der Waals surface area contributed by atoms with Crippen LogP contribution in [0.25, 0.3) is 11.3 Å². The van der Waals surface area contributed by atoms with Crippen molar-refractivity contribution < 1.29 is 0 Å². The van der Waals surface area contributed by atoms with Gasteiger partial charge in [0, 0.05) is 36.3 Å². The molecule has 2 bridgehead atoms. The lowest BCUT2D eigenvalue weighted by molar-refractivity contribution is 0.0333. The molecule has 4 atom stereocenters. The quantitative estimate of drug-likeness (QED) is 0.947. The van der Waals surface area contributed by atoms with Crippen molar-refractivity contribution in [3.63, 3.8) is 0 Å². The molecule has 0 amide bonds. The summed E-state index contributed by atoms with van der Waals surface area (Å²) < 4.78 is 0. The number of benzene rings is 1. The summed E-state index contributed by atoms with van der Waals surface area (Å²) in [6, 6.07) is 13.2. The van der Waals surface area contributed by atoms with Gasteiger partial charge >= 0.3 is 0 Å². The molecule has 0 saturated carbocycles. The molecule has 1 aromatic carbocycles. The molecule has 0 radical (unpaired) electrons. The van der Waals surface area contributed by atoms with E-state index in [-0.39, 0.29) is 0 Å². The van der Waals surface area contributed by atoms with Crippen molar-refractivity contribution in [1.29, 1.82) is 0 Å². The number of piperidine rings is 3. The Hall–Kier alpha value is -1.78. The Bertz CT molecular complexity index is 685. The smallest absolute Gasteiger partial charge is 0.126 e. The standard InChI is InChI=1S/C19H24N4/c1-13-21-18(14-5-3-2-4-6-14)10-19(22-13)17-12-23-8-7-15(17)9-16(23)11-20/h2-6,10,15-17H,7-9,11-12,20H2,1H3. The summed E-state index contributed by atoms with van der Waals surface area (Å²) in [5.41, 5.74) is 9.35. The molecule has 4 heteroatoms. The summed E-state index contributed by atoms with van der Waals surface area (Å²) in [5.74, 6) is 2.11. The van der Waals surface area contributed by atoms with E-state index in [0.29, 0.717) is 17.9 Å². The number of aromatic nitrogens is 2. The van der Waals surface area contributed by atoms with Crippen LogP contribution in [0.3, 0.4) is 0 Å². The Morgan fingerprint density at radius 1 is 1.22 bits per heavy atom. The van der Waals surface area contributed by atoms with E-state index in [4.69, 9.17) is 10.7 Å². The van der Waals surface area contributed by atoms with Crippen LogP contribution in [0.4, 0.5) is 0 Å². The molecule has 4 heterocycles. The maximum absolute atomic E-state index is 5.93. The van der Waals surface area contributed by atoms with Gasteiger partial charge < -0.3 is 5.73 Å². The molecule has 3 aliphatic heterocycles. The van der Waals surface area contributed by atoms with Crippen molar-refractivity contribution in [2.45, 2.75) is 31.7 Å². The van der Waals surface area contributed by atoms with Gasteiger partial charge in [-0.2, -0.15) is 0 Å². The molecule has 3 fully saturated rings. The zero-order valence-electron chi connectivity index (χ0n) is 13.7. The third-order valence-electron chi connectivity index (χ3n) is 5.46. The maximum Gasteiger partial charge on any atom is 0.126 e. The maximum atomic E-state index is 5.93. The highest BCUT2D eigenvalue weighted by atomic mass is 15.2. The minimum atomic E-state index is 0.524. The fourth-order valence-corrected chi connectivity index (χ4v) is 4.26. The largest absolute Gasteiger partial charge is 0.329 e. The minimum Gasteiger partial charge on any atom is -0.329 e. The Morgan fingerprint density at radius 2 is 2.04 bits per heavy atom. The molecule has 23 heavy (non-hydrogen) atoms. The van der Waals surface area contributed by atoms with Crippen molar-refractivity contribution >= 4 is 0 Å². The van der Waals surface area contributed by atoms with Crippen molar-refractivity contribution in [2.24, 2.45) is 11.7 Å². The highest BCUT2D eigenvalue weighted by Gasteiger charge is 2.40. The van der Waals surface area contributed by atoms with Crippen LogP contribution in [-0.4, -0.2) is 40.5 Å². The van der Waals surface area contributed by atoms with Crippen molar-refractivity contribution in [3.8, 4) is 11.3 Å². The van der Waals surface area contributed by atoms with E-state index in [1.807, 2.05) is 13.0 Å². The third kappa shape index (κ3) is 2.77. The first kappa shape index (κ1) is 14.8. The van der Waals surface area contributed by atoms with Gasteiger partial charge in [-0.25, -0.2) is 9.97 Å². The lowest BCUT2D eigenvalue weighted by Crippen LogP contribution is -2.55.